The number of halogens is 5. The number of nitrogens with one attached hydrogen (secondary N) is 2. The molecule has 1 saturated heterocycles. The van der Waals surface area contributed by atoms with E-state index in [0.29, 0.717) is 5.01 Å². The lowest BCUT2D eigenvalue weighted by atomic mass is 9.85. The molecule has 2 aliphatic rings. The van der Waals surface area contributed by atoms with Crippen LogP contribution in [0.5, 0.6) is 0 Å². The topological polar surface area (TPSA) is 142 Å². The molecule has 0 aromatic carbocycles. The van der Waals surface area contributed by atoms with Gasteiger partial charge in [-0.05, 0) is 22.7 Å². The summed E-state index contributed by atoms with van der Waals surface area (Å²) in [6, 6.07) is -2.88. The lowest BCUT2D eigenvalue weighted by Crippen LogP contribution is -2.62. The number of likely N-dealkylation sites (tertiary alicyclic amines) is 1. The first-order valence-corrected chi connectivity index (χ1v) is 11.5. The highest BCUT2D eigenvalue weighted by molar-refractivity contribution is 6.29. The summed E-state index contributed by atoms with van der Waals surface area (Å²) in [4.78, 5) is 62.6. The number of rotatable bonds is 7. The molecule has 36 heavy (non-hydrogen) atoms. The van der Waals surface area contributed by atoms with Crippen molar-refractivity contribution < 1.29 is 41.5 Å². The molecule has 0 radical (unpaired) electrons. The molecule has 2 rings (SSSR count). The van der Waals surface area contributed by atoms with E-state index in [-0.39, 0.29) is 12.5 Å². The van der Waals surface area contributed by atoms with Crippen molar-refractivity contribution in [3.05, 3.63) is 0 Å². The van der Waals surface area contributed by atoms with Crippen LogP contribution in [-0.2, 0) is 24.0 Å². The molecule has 204 valence electrons. The molecule has 1 aliphatic heterocycles. The first-order chi connectivity index (χ1) is 16.2. The summed E-state index contributed by atoms with van der Waals surface area (Å²) in [6.45, 7) is 7.54. The highest BCUT2D eigenvalue weighted by atomic mass is 35.5. The number of carbonyl (C=O) groups is 5. The number of nitrogens with two attached hydrogens (primary N) is 1. The average molecular weight is 544 g/mol. The van der Waals surface area contributed by atoms with Gasteiger partial charge in [0.05, 0.1) is 6.54 Å². The molecule has 0 aromatic heterocycles. The van der Waals surface area contributed by atoms with Crippen LogP contribution < -0.4 is 16.5 Å². The van der Waals surface area contributed by atoms with Gasteiger partial charge in [-0.1, -0.05) is 46.2 Å². The molecule has 0 spiro atoms. The van der Waals surface area contributed by atoms with E-state index in [2.05, 4.69) is 5.43 Å². The van der Waals surface area contributed by atoms with Crippen molar-refractivity contribution in [3.8, 4) is 0 Å². The van der Waals surface area contributed by atoms with E-state index in [1.54, 1.807) is 5.32 Å². The predicted octanol–water partition coefficient (Wildman–Crippen LogP) is 0.832. The van der Waals surface area contributed by atoms with Crippen molar-refractivity contribution in [3.63, 3.8) is 0 Å². The Morgan fingerprint density at radius 1 is 1.17 bits per heavy atom. The van der Waals surface area contributed by atoms with E-state index in [1.165, 1.54) is 20.8 Å². The van der Waals surface area contributed by atoms with Crippen LogP contribution in [0.3, 0.4) is 0 Å². The molecule has 0 aromatic rings. The van der Waals surface area contributed by atoms with Crippen LogP contribution in [-0.4, -0.2) is 76.4 Å². The van der Waals surface area contributed by atoms with Gasteiger partial charge in [-0.3, -0.25) is 29.4 Å². The molecular formula is C21H30ClF4N5O5. The molecule has 15 heteroatoms. The first-order valence-electron chi connectivity index (χ1n) is 11.1. The van der Waals surface area contributed by atoms with Crippen LogP contribution in [0.15, 0.2) is 0 Å². The molecule has 1 aliphatic carbocycles. The van der Waals surface area contributed by atoms with Gasteiger partial charge in [-0.15, -0.1) is 0 Å². The van der Waals surface area contributed by atoms with Crippen LogP contribution in [0.2, 0.25) is 0 Å². The molecule has 1 heterocycles. The number of nitrogens with zero attached hydrogens (tertiary/aromatic N) is 2. The zero-order chi connectivity index (χ0) is 28.0. The molecular weight excluding hydrogens is 514 g/mol. The second-order valence-corrected chi connectivity index (χ2v) is 11.0. The molecule has 2 unspecified atom stereocenters. The van der Waals surface area contributed by atoms with Gasteiger partial charge < -0.3 is 16.0 Å². The molecule has 5 atom stereocenters. The molecule has 5 amide bonds. The van der Waals surface area contributed by atoms with E-state index in [9.17, 15) is 41.5 Å². The Kier molecular flexibility index (Phi) is 8.23. The standard InChI is InChI=1S/C21H30ClF4N5O5/c1-19(2,3)13(28-18(36)21(24,25)26)16(34)30-8-9-11(20(9,4)5)12(30)15(33)29-31(7-6-10(27)32)17(35)14(22)23/h9,11-14H,6-8H2,1-5H3,(H2,27,32)(H,28,36)(H,29,33)/t9-,11-,12-,13?,14?/m0/s1. The molecule has 10 nitrogen and oxygen atoms in total. The lowest BCUT2D eigenvalue weighted by Gasteiger charge is -2.38. The first kappa shape index (κ1) is 29.6. The van der Waals surface area contributed by atoms with Gasteiger partial charge in [0.15, 0.2) is 0 Å². The molecule has 0 bridgehead atoms. The smallest absolute Gasteiger partial charge is 0.370 e. The van der Waals surface area contributed by atoms with Gasteiger partial charge in [-0.2, -0.15) is 13.2 Å². The van der Waals surface area contributed by atoms with Crippen LogP contribution >= 0.6 is 11.6 Å². The van der Waals surface area contributed by atoms with Gasteiger partial charge in [0, 0.05) is 13.0 Å². The molecule has 1 saturated carbocycles. The zero-order valence-electron chi connectivity index (χ0n) is 20.4. The highest BCUT2D eigenvalue weighted by Crippen LogP contribution is 2.65. The summed E-state index contributed by atoms with van der Waals surface area (Å²) in [5.41, 5.74) is 3.10. The van der Waals surface area contributed by atoms with E-state index in [4.69, 9.17) is 17.3 Å². The lowest BCUT2D eigenvalue weighted by molar-refractivity contribution is -0.176. The molecule has 4 N–H and O–H groups in total. The Balaban J connectivity index is 2.35. The number of hydrogen-bond donors (Lipinski definition) is 3. The third-order valence-corrected chi connectivity index (χ3v) is 6.87. The second kappa shape index (κ2) is 10.0. The Labute approximate surface area is 210 Å². The third kappa shape index (κ3) is 6.19. The van der Waals surface area contributed by atoms with E-state index in [1.807, 2.05) is 13.8 Å². The van der Waals surface area contributed by atoms with Crippen molar-refractivity contribution in [1.82, 2.24) is 20.7 Å². The van der Waals surface area contributed by atoms with Crippen molar-refractivity contribution >= 4 is 41.1 Å². The maximum Gasteiger partial charge on any atom is 0.471 e. The number of carbonyl (C=O) groups excluding carboxylic acids is 5. The minimum atomic E-state index is -5.23. The minimum absolute atomic E-state index is 0.0134. The monoisotopic (exact) mass is 543 g/mol. The number of hydrazine groups is 1. The number of alkyl halides is 5. The second-order valence-electron chi connectivity index (χ2n) is 10.6. The van der Waals surface area contributed by atoms with Crippen molar-refractivity contribution in [2.75, 3.05) is 13.1 Å². The summed E-state index contributed by atoms with van der Waals surface area (Å²) < 4.78 is 52.2. The van der Waals surface area contributed by atoms with Gasteiger partial charge in [0.2, 0.25) is 11.8 Å². The SMILES string of the molecule is CC(C)(C)C(NC(=O)C(F)(F)F)C(=O)N1C[C@H]2[C@@H]([C@H]1C(=O)NN(CCC(N)=O)C(=O)C(F)Cl)C2(C)C. The maximum absolute atomic E-state index is 13.5. The van der Waals surface area contributed by atoms with Crippen LogP contribution in [0.1, 0.15) is 41.0 Å². The summed E-state index contributed by atoms with van der Waals surface area (Å²) in [5.74, 6) is -6.98. The Morgan fingerprint density at radius 3 is 2.17 bits per heavy atom. The van der Waals surface area contributed by atoms with Gasteiger partial charge in [0.25, 0.3) is 17.4 Å². The molecule has 2 fully saturated rings. The summed E-state index contributed by atoms with van der Waals surface area (Å²) in [6.07, 6.45) is -5.67. The number of primary amides is 1. The number of fused-ring (bicyclic) bond motifs is 1. The number of amides is 5. The van der Waals surface area contributed by atoms with Gasteiger partial charge in [0.1, 0.15) is 12.1 Å². The largest absolute Gasteiger partial charge is 0.471 e. The quantitative estimate of drug-likeness (QED) is 0.248. The van der Waals surface area contributed by atoms with Gasteiger partial charge >= 0.3 is 12.1 Å². The summed E-state index contributed by atoms with van der Waals surface area (Å²) >= 11 is 5.20. The average Bonchev–Trinajstić information content (AvgIpc) is 3.07. The highest BCUT2D eigenvalue weighted by Gasteiger charge is 2.70. The number of piperidine rings is 1. The Bertz CT molecular complexity index is 937. The zero-order valence-corrected chi connectivity index (χ0v) is 21.2. The van der Waals surface area contributed by atoms with Crippen LogP contribution in [0.25, 0.3) is 0 Å². The van der Waals surface area contributed by atoms with E-state index >= 15 is 0 Å². The van der Waals surface area contributed by atoms with E-state index < -0.39 is 83.1 Å². The number of hydrogen-bond acceptors (Lipinski definition) is 5. The fraction of sp³-hybridized carbons (Fsp3) is 0.762. The Morgan fingerprint density at radius 2 is 1.72 bits per heavy atom. The fourth-order valence-corrected chi connectivity index (χ4v) is 4.72. The van der Waals surface area contributed by atoms with Crippen LogP contribution in [0.4, 0.5) is 17.6 Å². The van der Waals surface area contributed by atoms with Crippen molar-refractivity contribution in [1.29, 1.82) is 0 Å². The van der Waals surface area contributed by atoms with Crippen molar-refractivity contribution in [2.24, 2.45) is 28.4 Å². The third-order valence-electron chi connectivity index (χ3n) is 6.69. The maximum atomic E-state index is 13.5. The Hall–Kier alpha value is -2.64. The summed E-state index contributed by atoms with van der Waals surface area (Å²) in [5, 5.41) is 2.20. The van der Waals surface area contributed by atoms with E-state index in [0.717, 1.165) is 4.90 Å². The van der Waals surface area contributed by atoms with Gasteiger partial charge in [-0.25, -0.2) is 9.40 Å². The van der Waals surface area contributed by atoms with Crippen molar-refractivity contribution in [2.45, 2.75) is 64.9 Å². The van der Waals surface area contributed by atoms with Crippen LogP contribution in [0, 0.1) is 22.7 Å². The minimum Gasteiger partial charge on any atom is -0.370 e. The normalized spacial score (nSPS) is 24.3. The predicted molar refractivity (Wildman–Crippen MR) is 118 cm³/mol. The fourth-order valence-electron chi connectivity index (χ4n) is 4.60. The summed E-state index contributed by atoms with van der Waals surface area (Å²) in [7, 11) is 0.